The molecule has 0 spiro atoms. The van der Waals surface area contributed by atoms with Gasteiger partial charge in [0.25, 0.3) is 0 Å². The molecule has 120 valence electrons. The molecule has 0 atom stereocenters. The molecule has 23 heavy (non-hydrogen) atoms. The topological polar surface area (TPSA) is 47.6 Å². The van der Waals surface area contributed by atoms with E-state index in [1.54, 1.807) is 6.07 Å². The van der Waals surface area contributed by atoms with Crippen molar-refractivity contribution in [1.82, 2.24) is 5.32 Å². The zero-order valence-electron chi connectivity index (χ0n) is 12.7. The van der Waals surface area contributed by atoms with Crippen LogP contribution in [0.1, 0.15) is 17.5 Å². The van der Waals surface area contributed by atoms with E-state index in [0.717, 1.165) is 29.0 Å². The van der Waals surface area contributed by atoms with Gasteiger partial charge in [0.15, 0.2) is 11.5 Å². The number of carbonyl (C=O) groups is 1. The first-order chi connectivity index (χ1) is 11.2. The predicted octanol–water partition coefficient (Wildman–Crippen LogP) is 3.36. The van der Waals surface area contributed by atoms with Crippen LogP contribution in [0.4, 0.5) is 0 Å². The molecule has 0 unspecified atom stereocenters. The van der Waals surface area contributed by atoms with Crippen LogP contribution in [0.25, 0.3) is 0 Å². The van der Waals surface area contributed by atoms with Gasteiger partial charge in [0.1, 0.15) is 0 Å². The van der Waals surface area contributed by atoms with Gasteiger partial charge in [0.2, 0.25) is 5.91 Å². The average Bonchev–Trinajstić information content (AvgIpc) is 2.80. The van der Waals surface area contributed by atoms with Gasteiger partial charge < -0.3 is 14.8 Å². The Morgan fingerprint density at radius 2 is 1.87 bits per heavy atom. The summed E-state index contributed by atoms with van der Waals surface area (Å²) in [4.78, 5) is 12.1. The van der Waals surface area contributed by atoms with E-state index >= 15 is 0 Å². The summed E-state index contributed by atoms with van der Waals surface area (Å²) >= 11 is 6.07. The first-order valence-corrected chi connectivity index (χ1v) is 7.99. The maximum Gasteiger partial charge on any atom is 0.224 e. The van der Waals surface area contributed by atoms with Crippen molar-refractivity contribution in [3.63, 3.8) is 0 Å². The van der Waals surface area contributed by atoms with Crippen molar-refractivity contribution in [2.24, 2.45) is 0 Å². The number of fused-ring (bicyclic) bond motifs is 1. The molecule has 1 N–H and O–H groups in total. The summed E-state index contributed by atoms with van der Waals surface area (Å²) < 4.78 is 11.2. The summed E-state index contributed by atoms with van der Waals surface area (Å²) in [7, 11) is 0. The SMILES string of the molecule is O=C(Cc1ccccc1Cl)NCc1ccc2c(c1)OCCCO2. The van der Waals surface area contributed by atoms with E-state index in [9.17, 15) is 4.79 Å². The molecule has 0 fully saturated rings. The van der Waals surface area contributed by atoms with Gasteiger partial charge in [-0.05, 0) is 29.3 Å². The number of hydrogen-bond acceptors (Lipinski definition) is 3. The van der Waals surface area contributed by atoms with E-state index in [0.29, 0.717) is 24.8 Å². The highest BCUT2D eigenvalue weighted by Gasteiger charge is 2.11. The Hall–Kier alpha value is -2.20. The summed E-state index contributed by atoms with van der Waals surface area (Å²) in [5.41, 5.74) is 1.80. The van der Waals surface area contributed by atoms with Crippen LogP contribution in [0.5, 0.6) is 11.5 Å². The standard InChI is InChI=1S/C18H18ClNO3/c19-15-5-2-1-4-14(15)11-18(21)20-12-13-6-7-16-17(10-13)23-9-3-8-22-16/h1-2,4-7,10H,3,8-9,11-12H2,(H,20,21). The van der Waals surface area contributed by atoms with E-state index in [-0.39, 0.29) is 12.3 Å². The first kappa shape index (κ1) is 15.7. The van der Waals surface area contributed by atoms with E-state index in [1.165, 1.54) is 0 Å². The Morgan fingerprint density at radius 3 is 2.70 bits per heavy atom. The second-order valence-corrected chi connectivity index (χ2v) is 5.78. The molecule has 4 nitrogen and oxygen atoms in total. The lowest BCUT2D eigenvalue weighted by Crippen LogP contribution is -2.24. The molecule has 1 aliphatic rings. The highest BCUT2D eigenvalue weighted by atomic mass is 35.5. The van der Waals surface area contributed by atoms with Gasteiger partial charge in [-0.2, -0.15) is 0 Å². The number of rotatable bonds is 4. The lowest BCUT2D eigenvalue weighted by atomic mass is 10.1. The fourth-order valence-electron chi connectivity index (χ4n) is 2.40. The highest BCUT2D eigenvalue weighted by Crippen LogP contribution is 2.30. The maximum absolute atomic E-state index is 12.1. The Bertz CT molecular complexity index is 702. The van der Waals surface area contributed by atoms with E-state index in [4.69, 9.17) is 21.1 Å². The van der Waals surface area contributed by atoms with Gasteiger partial charge in [0.05, 0.1) is 19.6 Å². The molecule has 1 aliphatic heterocycles. The number of carbonyl (C=O) groups excluding carboxylic acids is 1. The Morgan fingerprint density at radius 1 is 1.09 bits per heavy atom. The van der Waals surface area contributed by atoms with E-state index in [1.807, 2.05) is 36.4 Å². The normalized spacial score (nSPS) is 13.3. The van der Waals surface area contributed by atoms with Gasteiger partial charge in [0, 0.05) is 18.0 Å². The number of ether oxygens (including phenoxy) is 2. The van der Waals surface area contributed by atoms with Gasteiger partial charge in [-0.3, -0.25) is 4.79 Å². The second kappa shape index (κ2) is 7.38. The molecule has 0 aromatic heterocycles. The smallest absolute Gasteiger partial charge is 0.224 e. The van der Waals surface area contributed by atoms with Crippen molar-refractivity contribution in [2.45, 2.75) is 19.4 Å². The third-order valence-corrected chi connectivity index (χ3v) is 3.98. The monoisotopic (exact) mass is 331 g/mol. The molecule has 0 aliphatic carbocycles. The highest BCUT2D eigenvalue weighted by molar-refractivity contribution is 6.31. The Kier molecular flexibility index (Phi) is 5.03. The van der Waals surface area contributed by atoms with Crippen LogP contribution >= 0.6 is 11.6 Å². The minimum absolute atomic E-state index is 0.0646. The number of amides is 1. The van der Waals surface area contributed by atoms with Crippen LogP contribution in [0.2, 0.25) is 5.02 Å². The molecular formula is C18H18ClNO3. The van der Waals surface area contributed by atoms with E-state index in [2.05, 4.69) is 5.32 Å². The molecule has 2 aromatic carbocycles. The summed E-state index contributed by atoms with van der Waals surface area (Å²) in [5, 5.41) is 3.51. The van der Waals surface area contributed by atoms with Crippen molar-refractivity contribution in [3.05, 3.63) is 58.6 Å². The molecule has 0 saturated carbocycles. The molecular weight excluding hydrogens is 314 g/mol. The minimum atomic E-state index is -0.0646. The van der Waals surface area contributed by atoms with Crippen LogP contribution in [0, 0.1) is 0 Å². The van der Waals surface area contributed by atoms with Crippen LogP contribution in [0.15, 0.2) is 42.5 Å². The summed E-state index contributed by atoms with van der Waals surface area (Å²) in [6.45, 7) is 1.76. The zero-order valence-corrected chi connectivity index (χ0v) is 13.4. The Labute approximate surface area is 140 Å². The van der Waals surface area contributed by atoms with Crippen molar-refractivity contribution in [1.29, 1.82) is 0 Å². The fraction of sp³-hybridized carbons (Fsp3) is 0.278. The largest absolute Gasteiger partial charge is 0.490 e. The molecule has 0 saturated heterocycles. The minimum Gasteiger partial charge on any atom is -0.490 e. The number of nitrogens with one attached hydrogen (secondary N) is 1. The molecule has 5 heteroatoms. The van der Waals surface area contributed by atoms with Gasteiger partial charge >= 0.3 is 0 Å². The van der Waals surface area contributed by atoms with Crippen molar-refractivity contribution in [2.75, 3.05) is 13.2 Å². The van der Waals surface area contributed by atoms with Crippen molar-refractivity contribution < 1.29 is 14.3 Å². The molecule has 2 aromatic rings. The maximum atomic E-state index is 12.1. The van der Waals surface area contributed by atoms with Crippen LogP contribution in [-0.2, 0) is 17.8 Å². The van der Waals surface area contributed by atoms with Crippen molar-refractivity contribution >= 4 is 17.5 Å². The molecule has 1 amide bonds. The number of halogens is 1. The lowest BCUT2D eigenvalue weighted by Gasteiger charge is -2.10. The third kappa shape index (κ3) is 4.17. The Balaban J connectivity index is 1.59. The number of hydrogen-bond donors (Lipinski definition) is 1. The van der Waals surface area contributed by atoms with Crippen LogP contribution in [0.3, 0.4) is 0 Å². The molecule has 0 radical (unpaired) electrons. The third-order valence-electron chi connectivity index (χ3n) is 3.61. The van der Waals surface area contributed by atoms with Gasteiger partial charge in [-0.25, -0.2) is 0 Å². The van der Waals surface area contributed by atoms with Crippen molar-refractivity contribution in [3.8, 4) is 11.5 Å². The number of benzene rings is 2. The lowest BCUT2D eigenvalue weighted by molar-refractivity contribution is -0.120. The molecule has 3 rings (SSSR count). The molecule has 0 bridgehead atoms. The van der Waals surface area contributed by atoms with Crippen LogP contribution < -0.4 is 14.8 Å². The summed E-state index contributed by atoms with van der Waals surface area (Å²) in [6, 6.07) is 13.1. The predicted molar refractivity (Wildman–Crippen MR) is 89.1 cm³/mol. The summed E-state index contributed by atoms with van der Waals surface area (Å²) in [5.74, 6) is 1.43. The van der Waals surface area contributed by atoms with E-state index < -0.39 is 0 Å². The van der Waals surface area contributed by atoms with Gasteiger partial charge in [-0.1, -0.05) is 35.9 Å². The first-order valence-electron chi connectivity index (χ1n) is 7.61. The average molecular weight is 332 g/mol. The second-order valence-electron chi connectivity index (χ2n) is 5.38. The fourth-order valence-corrected chi connectivity index (χ4v) is 2.60. The summed E-state index contributed by atoms with van der Waals surface area (Å²) in [6.07, 6.45) is 1.14. The van der Waals surface area contributed by atoms with Crippen LogP contribution in [-0.4, -0.2) is 19.1 Å². The van der Waals surface area contributed by atoms with Gasteiger partial charge in [-0.15, -0.1) is 0 Å². The zero-order chi connectivity index (χ0) is 16.1. The quantitative estimate of drug-likeness (QED) is 0.934. The molecule has 1 heterocycles.